The normalized spacial score (nSPS) is 14.3. The Bertz CT molecular complexity index is 1900. The number of hydrazine groups is 1. The summed E-state index contributed by atoms with van der Waals surface area (Å²) in [6.45, 7) is 20.6. The monoisotopic (exact) mass is 917 g/mol. The minimum absolute atomic E-state index is 0.0224. The molecule has 0 aliphatic heterocycles. The van der Waals surface area contributed by atoms with E-state index in [0.717, 1.165) is 0 Å². The summed E-state index contributed by atoms with van der Waals surface area (Å²) in [7, 11) is 0. The lowest BCUT2D eigenvalue weighted by atomic mass is 9.86. The third-order valence-corrected chi connectivity index (χ3v) is 8.93. The molecule has 0 aliphatic carbocycles. The Morgan fingerprint density at radius 3 is 1.88 bits per heavy atom. The number of nitrogens with one attached hydrogen (secondary N) is 5. The molecule has 21 nitrogen and oxygen atoms in total. The highest BCUT2D eigenvalue weighted by atomic mass is 16.6. The molecular formula is C44H72N10O11. The first-order valence-corrected chi connectivity index (χ1v) is 21.3. The molecule has 21 heteroatoms. The summed E-state index contributed by atoms with van der Waals surface area (Å²) in [5.74, 6) is -1.50. The number of amides is 7. The first-order valence-electron chi connectivity index (χ1n) is 21.3. The van der Waals surface area contributed by atoms with Gasteiger partial charge in [-0.3, -0.25) is 44.5 Å². The molecular weight excluding hydrogens is 845 g/mol. The number of hydrogen-bond acceptors (Lipinski definition) is 14. The van der Waals surface area contributed by atoms with E-state index >= 15 is 0 Å². The van der Waals surface area contributed by atoms with Crippen molar-refractivity contribution >= 4 is 53.7 Å². The number of alkyl carbamates (subject to hydrolysis) is 1. The standard InChI is InChI=1S/C44H72N10O11/c1-25(2)34(26(3)27(4)50-36(58)30(22-28-18-15-14-16-19-28)51-35(57)29(45)23-33(56)63-42(5,6)7)38(60)54(41(62)65-44(11,12)13)31(37(59)49-24-32(55)53-47)20-17-21-48-39(46)52-40(61)64-43(8,9)10/h14-16,18-19,25,29-31,34H,17,20-24,45,47H2,1-13H3,(H,49,59)(H,50,58)(H,51,57)(H,53,55)(H3,46,48,52,61)/b27-26+/t29-,30+,31-,34+/m0/s1. The van der Waals surface area contributed by atoms with Crippen LogP contribution in [0.25, 0.3) is 0 Å². The van der Waals surface area contributed by atoms with E-state index in [4.69, 9.17) is 31.5 Å². The number of esters is 1. The van der Waals surface area contributed by atoms with Crippen molar-refractivity contribution in [1.82, 2.24) is 31.6 Å². The van der Waals surface area contributed by atoms with Gasteiger partial charge in [-0.15, -0.1) is 0 Å². The zero-order valence-electron chi connectivity index (χ0n) is 40.1. The van der Waals surface area contributed by atoms with Crippen LogP contribution >= 0.6 is 0 Å². The number of imide groups is 1. The lowest BCUT2D eigenvalue weighted by Gasteiger charge is -2.35. The van der Waals surface area contributed by atoms with Gasteiger partial charge in [0.25, 0.3) is 5.91 Å². The van der Waals surface area contributed by atoms with Crippen molar-refractivity contribution in [2.24, 2.45) is 34.1 Å². The van der Waals surface area contributed by atoms with E-state index in [9.17, 15) is 38.4 Å². The predicted octanol–water partition coefficient (Wildman–Crippen LogP) is 2.31. The molecule has 0 saturated heterocycles. The van der Waals surface area contributed by atoms with Gasteiger partial charge in [0.2, 0.25) is 23.6 Å². The van der Waals surface area contributed by atoms with Gasteiger partial charge in [0.1, 0.15) is 28.9 Å². The zero-order chi connectivity index (χ0) is 50.0. The van der Waals surface area contributed by atoms with Crippen molar-refractivity contribution in [1.29, 1.82) is 0 Å². The van der Waals surface area contributed by atoms with Gasteiger partial charge in [-0.1, -0.05) is 44.2 Å². The van der Waals surface area contributed by atoms with E-state index in [1.165, 1.54) is 6.92 Å². The maximum atomic E-state index is 14.9. The highest BCUT2D eigenvalue weighted by Crippen LogP contribution is 2.28. The van der Waals surface area contributed by atoms with Gasteiger partial charge in [-0.2, -0.15) is 0 Å². The molecule has 0 bridgehead atoms. The van der Waals surface area contributed by atoms with Crippen LogP contribution in [0.2, 0.25) is 0 Å². The average molecular weight is 917 g/mol. The minimum atomic E-state index is -1.59. The van der Waals surface area contributed by atoms with Crippen LogP contribution in [0.15, 0.2) is 46.6 Å². The van der Waals surface area contributed by atoms with Crippen molar-refractivity contribution < 1.29 is 52.6 Å². The molecule has 0 saturated carbocycles. The van der Waals surface area contributed by atoms with E-state index in [1.54, 1.807) is 113 Å². The van der Waals surface area contributed by atoms with Crippen LogP contribution in [0.4, 0.5) is 9.59 Å². The van der Waals surface area contributed by atoms with Crippen molar-refractivity contribution in [3.63, 3.8) is 0 Å². The summed E-state index contributed by atoms with van der Waals surface area (Å²) in [5, 5.41) is 10.1. The Labute approximate surface area is 382 Å². The molecule has 0 radical (unpaired) electrons. The third-order valence-electron chi connectivity index (χ3n) is 8.93. The Hall–Kier alpha value is -6.09. The number of hydrogen-bond donors (Lipinski definition) is 8. The van der Waals surface area contributed by atoms with Gasteiger partial charge in [-0.25, -0.2) is 20.3 Å². The smallest absolute Gasteiger partial charge is 0.417 e. The second-order valence-electron chi connectivity index (χ2n) is 18.7. The van der Waals surface area contributed by atoms with Crippen molar-refractivity contribution in [3.05, 3.63) is 47.2 Å². The molecule has 7 amide bonds. The molecule has 0 spiro atoms. The minimum Gasteiger partial charge on any atom is -0.460 e. The van der Waals surface area contributed by atoms with E-state index < -0.39 is 107 Å². The summed E-state index contributed by atoms with van der Waals surface area (Å²) in [4.78, 5) is 112. The number of nitrogens with two attached hydrogens (primary N) is 3. The lowest BCUT2D eigenvalue weighted by molar-refractivity contribution is -0.156. The zero-order valence-corrected chi connectivity index (χ0v) is 40.1. The van der Waals surface area contributed by atoms with Gasteiger partial charge >= 0.3 is 18.2 Å². The Kier molecular flexibility index (Phi) is 22.3. The second-order valence-corrected chi connectivity index (χ2v) is 18.7. The number of allylic oxidation sites excluding steroid dienone is 1. The van der Waals surface area contributed by atoms with Crippen molar-refractivity contribution in [2.45, 2.75) is 151 Å². The Morgan fingerprint density at radius 2 is 1.35 bits per heavy atom. The van der Waals surface area contributed by atoms with Crippen LogP contribution in [-0.2, 0) is 49.4 Å². The fraction of sp³-hybridized carbons (Fsp3) is 0.614. The summed E-state index contributed by atoms with van der Waals surface area (Å²) in [5.41, 5.74) is 12.3. The lowest BCUT2D eigenvalue weighted by Crippen LogP contribution is -2.56. The Balaban J connectivity index is 3.69. The number of carbonyl (C=O) groups excluding carboxylic acids is 8. The third kappa shape index (κ3) is 21.9. The summed E-state index contributed by atoms with van der Waals surface area (Å²) >= 11 is 0. The maximum Gasteiger partial charge on any atom is 0.417 e. The van der Waals surface area contributed by atoms with E-state index in [2.05, 4.69) is 26.3 Å². The summed E-state index contributed by atoms with van der Waals surface area (Å²) < 4.78 is 16.1. The largest absolute Gasteiger partial charge is 0.460 e. The quantitative estimate of drug-likeness (QED) is 0.0144. The number of aliphatic imine (C=N–C) groups is 1. The fourth-order valence-electron chi connectivity index (χ4n) is 6.04. The van der Waals surface area contributed by atoms with Crippen LogP contribution < -0.4 is 44.0 Å². The molecule has 0 fully saturated rings. The second kappa shape index (κ2) is 25.4. The number of rotatable bonds is 19. The first-order chi connectivity index (χ1) is 29.8. The van der Waals surface area contributed by atoms with Gasteiger partial charge in [-0.05, 0) is 106 Å². The molecule has 1 rings (SSSR count). The molecule has 364 valence electrons. The number of ether oxygens (including phenoxy) is 3. The molecule has 0 unspecified atom stereocenters. The highest BCUT2D eigenvalue weighted by Gasteiger charge is 2.42. The molecule has 65 heavy (non-hydrogen) atoms. The van der Waals surface area contributed by atoms with E-state index in [0.29, 0.717) is 16.0 Å². The molecule has 0 heterocycles. The van der Waals surface area contributed by atoms with Gasteiger partial charge in [0.15, 0.2) is 5.96 Å². The number of benzene rings is 1. The molecule has 0 aliphatic rings. The van der Waals surface area contributed by atoms with Crippen molar-refractivity contribution in [3.8, 4) is 0 Å². The average Bonchev–Trinajstić information content (AvgIpc) is 3.15. The fourth-order valence-corrected chi connectivity index (χ4v) is 6.04. The summed E-state index contributed by atoms with van der Waals surface area (Å²) in [6.07, 6.45) is -2.63. The van der Waals surface area contributed by atoms with Crippen LogP contribution in [0.1, 0.15) is 115 Å². The van der Waals surface area contributed by atoms with E-state index in [-0.39, 0.29) is 37.5 Å². The molecule has 1 aromatic rings. The first kappa shape index (κ1) is 56.9. The highest BCUT2D eigenvalue weighted by molar-refractivity contribution is 6.01. The molecule has 11 N–H and O–H groups in total. The molecule has 0 aromatic heterocycles. The Morgan fingerprint density at radius 1 is 0.785 bits per heavy atom. The van der Waals surface area contributed by atoms with E-state index in [1.807, 2.05) is 5.43 Å². The van der Waals surface area contributed by atoms with Gasteiger partial charge < -0.3 is 41.6 Å². The maximum absolute atomic E-state index is 14.9. The van der Waals surface area contributed by atoms with Crippen LogP contribution in [-0.4, -0.2) is 107 Å². The SMILES string of the molecule is C/C(NC(=O)[C@@H](Cc1ccccc1)NC(=O)[C@@H](N)CC(=O)OC(C)(C)C)=C(/C)[C@H](C(=O)N(C(=O)OC(C)(C)C)[C@@H](CCCN=C(N)NC(=O)OC(C)(C)C)C(=O)NCC(=O)NN)C(C)C. The van der Waals surface area contributed by atoms with Gasteiger partial charge in [0.05, 0.1) is 24.9 Å². The number of guanidine groups is 1. The van der Waals surface area contributed by atoms with Crippen molar-refractivity contribution in [2.75, 3.05) is 13.1 Å². The topological polar surface area (TPSA) is 318 Å². The van der Waals surface area contributed by atoms with Crippen LogP contribution in [0.3, 0.4) is 0 Å². The molecule has 1 aromatic carbocycles. The molecule has 4 atom stereocenters. The van der Waals surface area contributed by atoms with Crippen LogP contribution in [0.5, 0.6) is 0 Å². The van der Waals surface area contributed by atoms with Gasteiger partial charge in [0, 0.05) is 18.7 Å². The summed E-state index contributed by atoms with van der Waals surface area (Å²) in [6, 6.07) is 4.69. The number of carbonyl (C=O) groups is 8. The van der Waals surface area contributed by atoms with Crippen LogP contribution in [0, 0.1) is 11.8 Å². The number of nitrogens with zero attached hydrogens (tertiary/aromatic N) is 2. The predicted molar refractivity (Wildman–Crippen MR) is 243 cm³/mol.